The molecule has 6 heteroatoms. The summed E-state index contributed by atoms with van der Waals surface area (Å²) >= 11 is 0. The van der Waals surface area contributed by atoms with Gasteiger partial charge in [-0.15, -0.1) is 0 Å². The van der Waals surface area contributed by atoms with E-state index in [-0.39, 0.29) is 17.2 Å². The van der Waals surface area contributed by atoms with E-state index in [0.29, 0.717) is 31.7 Å². The summed E-state index contributed by atoms with van der Waals surface area (Å²) < 4.78 is 5.40. The maximum Gasteiger partial charge on any atom is 0.303 e. The van der Waals surface area contributed by atoms with Crippen molar-refractivity contribution in [2.45, 2.75) is 32.3 Å². The third-order valence-electron chi connectivity index (χ3n) is 6.56. The molecule has 2 amide bonds. The second kappa shape index (κ2) is 9.91. The van der Waals surface area contributed by atoms with Gasteiger partial charge in [0.15, 0.2) is 0 Å². The first kappa shape index (κ1) is 22.6. The van der Waals surface area contributed by atoms with Crippen LogP contribution in [0, 0.1) is 17.3 Å². The van der Waals surface area contributed by atoms with Gasteiger partial charge in [-0.2, -0.15) is 0 Å². The molecule has 0 bridgehead atoms. The van der Waals surface area contributed by atoms with E-state index in [4.69, 9.17) is 4.74 Å². The van der Waals surface area contributed by atoms with Crippen molar-refractivity contribution in [2.24, 2.45) is 5.41 Å². The predicted octanol–water partition coefficient (Wildman–Crippen LogP) is 3.18. The van der Waals surface area contributed by atoms with Gasteiger partial charge in [-0.05, 0) is 36.8 Å². The molecule has 4 rings (SSSR count). The molecule has 2 aromatic rings. The molecule has 2 aliphatic heterocycles. The lowest BCUT2D eigenvalue weighted by Gasteiger charge is -2.38. The van der Waals surface area contributed by atoms with E-state index in [0.717, 1.165) is 24.8 Å². The number of ether oxygens (including phenoxy) is 1. The molecule has 2 saturated heterocycles. The Labute approximate surface area is 194 Å². The minimum absolute atomic E-state index is 0.00321. The maximum absolute atomic E-state index is 13.3. The fraction of sp³-hybridized carbons (Fsp3) is 0.370. The van der Waals surface area contributed by atoms with Crippen LogP contribution in [0.4, 0.5) is 0 Å². The van der Waals surface area contributed by atoms with Gasteiger partial charge in [-0.3, -0.25) is 14.4 Å². The van der Waals surface area contributed by atoms with Crippen LogP contribution in [0.15, 0.2) is 60.7 Å². The number of hydrogen-bond donors (Lipinski definition) is 0. The summed E-state index contributed by atoms with van der Waals surface area (Å²) in [6.07, 6.45) is 1.63. The van der Waals surface area contributed by atoms with Gasteiger partial charge in [-0.1, -0.05) is 54.5 Å². The monoisotopic (exact) mass is 444 g/mol. The number of rotatable bonds is 3. The summed E-state index contributed by atoms with van der Waals surface area (Å²) in [7, 11) is 0. The van der Waals surface area contributed by atoms with Crippen LogP contribution in [0.2, 0.25) is 0 Å². The molecule has 2 heterocycles. The van der Waals surface area contributed by atoms with E-state index >= 15 is 0 Å². The molecule has 1 atom stereocenters. The number of esters is 1. The van der Waals surface area contributed by atoms with E-state index < -0.39 is 12.1 Å². The van der Waals surface area contributed by atoms with Gasteiger partial charge in [0.2, 0.25) is 6.10 Å². The summed E-state index contributed by atoms with van der Waals surface area (Å²) in [5.41, 5.74) is 1.50. The van der Waals surface area contributed by atoms with Gasteiger partial charge >= 0.3 is 5.97 Å². The first-order valence-electron chi connectivity index (χ1n) is 11.3. The van der Waals surface area contributed by atoms with E-state index in [9.17, 15) is 14.4 Å². The van der Waals surface area contributed by atoms with Gasteiger partial charge in [0, 0.05) is 50.2 Å². The molecule has 6 nitrogen and oxygen atoms in total. The van der Waals surface area contributed by atoms with Crippen LogP contribution in [0.25, 0.3) is 0 Å². The number of amides is 2. The molecule has 0 radical (unpaired) electrons. The summed E-state index contributed by atoms with van der Waals surface area (Å²) in [5, 5.41) is 0. The van der Waals surface area contributed by atoms with Crippen LogP contribution < -0.4 is 0 Å². The lowest BCUT2D eigenvalue weighted by Crippen LogP contribution is -2.44. The third kappa shape index (κ3) is 5.43. The summed E-state index contributed by atoms with van der Waals surface area (Å²) in [4.78, 5) is 41.1. The first-order chi connectivity index (χ1) is 16.0. The molecule has 0 unspecified atom stereocenters. The Morgan fingerprint density at radius 3 is 2.06 bits per heavy atom. The van der Waals surface area contributed by atoms with Crippen LogP contribution in [-0.2, 0) is 19.1 Å². The summed E-state index contributed by atoms with van der Waals surface area (Å²) in [5.74, 6) is 4.87. The van der Waals surface area contributed by atoms with E-state index in [1.807, 2.05) is 53.4 Å². The number of hydrogen-bond acceptors (Lipinski definition) is 4. The number of piperidine rings is 1. The highest BCUT2D eigenvalue weighted by Gasteiger charge is 2.44. The zero-order valence-electron chi connectivity index (χ0n) is 18.8. The average Bonchev–Trinajstić information content (AvgIpc) is 3.25. The topological polar surface area (TPSA) is 66.9 Å². The number of benzene rings is 2. The molecule has 33 heavy (non-hydrogen) atoms. The van der Waals surface area contributed by atoms with E-state index in [1.54, 1.807) is 17.0 Å². The number of nitrogens with zero attached hydrogens (tertiary/aromatic N) is 2. The third-order valence-corrected chi connectivity index (χ3v) is 6.56. The summed E-state index contributed by atoms with van der Waals surface area (Å²) in [6.45, 7) is 3.84. The Hall–Kier alpha value is -3.59. The van der Waals surface area contributed by atoms with Gasteiger partial charge in [-0.25, -0.2) is 0 Å². The normalized spacial score (nSPS) is 17.7. The van der Waals surface area contributed by atoms with E-state index in [2.05, 4.69) is 11.8 Å². The fourth-order valence-corrected chi connectivity index (χ4v) is 4.66. The Kier molecular flexibility index (Phi) is 6.79. The van der Waals surface area contributed by atoms with Gasteiger partial charge < -0.3 is 14.5 Å². The second-order valence-electron chi connectivity index (χ2n) is 8.82. The lowest BCUT2D eigenvalue weighted by atomic mass is 9.78. The van der Waals surface area contributed by atoms with Gasteiger partial charge in [0.1, 0.15) is 0 Å². The minimum Gasteiger partial charge on any atom is -0.447 e. The highest BCUT2D eigenvalue weighted by molar-refractivity contribution is 5.94. The molecule has 2 aliphatic rings. The molecule has 1 spiro atoms. The van der Waals surface area contributed by atoms with Crippen molar-refractivity contribution in [1.29, 1.82) is 0 Å². The highest BCUT2D eigenvalue weighted by Crippen LogP contribution is 2.41. The molecule has 0 N–H and O–H groups in total. The quantitative estimate of drug-likeness (QED) is 0.539. The largest absolute Gasteiger partial charge is 0.447 e. The fourth-order valence-electron chi connectivity index (χ4n) is 4.66. The van der Waals surface area contributed by atoms with Crippen LogP contribution in [-0.4, -0.2) is 53.8 Å². The van der Waals surface area contributed by atoms with Crippen LogP contribution in [0.3, 0.4) is 0 Å². The Bertz CT molecular complexity index is 1060. The van der Waals surface area contributed by atoms with E-state index in [1.165, 1.54) is 6.92 Å². The molecule has 0 aromatic heterocycles. The summed E-state index contributed by atoms with van der Waals surface area (Å²) in [6, 6.07) is 18.6. The van der Waals surface area contributed by atoms with Crippen molar-refractivity contribution in [1.82, 2.24) is 9.80 Å². The van der Waals surface area contributed by atoms with Crippen LogP contribution in [0.5, 0.6) is 0 Å². The molecular weight excluding hydrogens is 416 g/mol. The molecule has 2 fully saturated rings. The molecule has 2 aromatic carbocycles. The van der Waals surface area contributed by atoms with Crippen molar-refractivity contribution >= 4 is 17.8 Å². The van der Waals surface area contributed by atoms with Crippen molar-refractivity contribution < 1.29 is 19.1 Å². The molecule has 170 valence electrons. The number of likely N-dealkylation sites (tertiary alicyclic amines) is 2. The molecule has 0 saturated carbocycles. The standard InChI is InChI=1S/C27H28N2O4/c1-21(30)33-25(23-10-6-3-7-11-23)26(32)29-19-16-27(20-29)14-17-28(18-15-27)24(31)13-12-22-8-4-2-5-9-22/h2-11,25H,14-20H2,1H3/t25-/m1/s1. The van der Waals surface area contributed by atoms with Gasteiger partial charge in [0.05, 0.1) is 0 Å². The van der Waals surface area contributed by atoms with Crippen molar-refractivity contribution in [3.8, 4) is 11.8 Å². The highest BCUT2D eigenvalue weighted by atomic mass is 16.5. The lowest BCUT2D eigenvalue weighted by molar-refractivity contribution is -0.159. The smallest absolute Gasteiger partial charge is 0.303 e. The Morgan fingerprint density at radius 2 is 1.45 bits per heavy atom. The van der Waals surface area contributed by atoms with Crippen LogP contribution >= 0.6 is 0 Å². The first-order valence-corrected chi connectivity index (χ1v) is 11.3. The van der Waals surface area contributed by atoms with Crippen molar-refractivity contribution in [3.05, 3.63) is 71.8 Å². The average molecular weight is 445 g/mol. The molecule has 0 aliphatic carbocycles. The molecular formula is C27H28N2O4. The Morgan fingerprint density at radius 1 is 0.879 bits per heavy atom. The zero-order valence-corrected chi connectivity index (χ0v) is 18.8. The second-order valence-corrected chi connectivity index (χ2v) is 8.82. The zero-order chi connectivity index (χ0) is 23.3. The minimum atomic E-state index is -0.922. The number of carbonyl (C=O) groups excluding carboxylic acids is 3. The number of carbonyl (C=O) groups is 3. The Balaban J connectivity index is 1.36. The SMILES string of the molecule is CC(=O)O[C@@H](C(=O)N1CCC2(CCN(C(=O)C#Cc3ccccc3)CC2)C1)c1ccccc1. The van der Waals surface area contributed by atoms with Gasteiger partial charge in [0.25, 0.3) is 11.8 Å². The van der Waals surface area contributed by atoms with Crippen molar-refractivity contribution in [2.75, 3.05) is 26.2 Å². The van der Waals surface area contributed by atoms with Crippen molar-refractivity contribution in [3.63, 3.8) is 0 Å². The van der Waals surface area contributed by atoms with Crippen LogP contribution in [0.1, 0.15) is 43.4 Å². The predicted molar refractivity (Wildman–Crippen MR) is 124 cm³/mol. The maximum atomic E-state index is 13.3.